The number of H-pyrrole nitrogens is 1. The predicted octanol–water partition coefficient (Wildman–Crippen LogP) is 3.76. The Kier molecular flexibility index (Phi) is 9.50. The first kappa shape index (κ1) is 32.7. The molecule has 3 heterocycles. The van der Waals surface area contributed by atoms with Gasteiger partial charge in [-0.05, 0) is 49.1 Å². The molecular formula is C35H39ClN6O4. The fourth-order valence-corrected chi connectivity index (χ4v) is 6.16. The molecule has 2 aliphatic rings. The fourth-order valence-electron chi connectivity index (χ4n) is 6.16. The van der Waals surface area contributed by atoms with Crippen molar-refractivity contribution in [2.24, 2.45) is 5.73 Å². The lowest BCUT2D eigenvalue weighted by molar-refractivity contribution is -0.133. The number of fused-ring (bicyclic) bond motifs is 2. The highest BCUT2D eigenvalue weighted by Crippen LogP contribution is 2.40. The van der Waals surface area contributed by atoms with Crippen molar-refractivity contribution in [3.8, 4) is 0 Å². The SMILES string of the molecule is CC(C)(N)C(=O)N[C@H](Cc1c[nH]c2ccccc12)C(=O)NC1Cc2cccc(N3CCCC3=O)c2N(Cc2ccccc2)C1=O.Cl. The number of nitrogens with zero attached hydrogens (tertiary/aromatic N) is 2. The number of nitrogens with one attached hydrogen (secondary N) is 3. The van der Waals surface area contributed by atoms with Gasteiger partial charge in [0.15, 0.2) is 0 Å². The van der Waals surface area contributed by atoms with E-state index in [-0.39, 0.29) is 43.6 Å². The van der Waals surface area contributed by atoms with E-state index in [4.69, 9.17) is 5.73 Å². The molecule has 3 aromatic carbocycles. The standard InChI is InChI=1S/C35H38N6O4.ClH/c1-35(2,36)34(45)39-27(19-24-20-37-26-14-7-6-13-25(24)26)32(43)38-28-18-23-12-8-15-29(40-17-9-16-30(40)42)31(23)41(33(28)44)21-22-10-4-3-5-11-22;/h3-8,10-15,20,27-28,37H,9,16-19,21,36H2,1-2H3,(H,38,43)(H,39,45);1H/t27-,28?;/m1./s1. The molecule has 46 heavy (non-hydrogen) atoms. The molecule has 5 N–H and O–H groups in total. The first-order valence-corrected chi connectivity index (χ1v) is 15.3. The highest BCUT2D eigenvalue weighted by Gasteiger charge is 2.39. The van der Waals surface area contributed by atoms with Crippen molar-refractivity contribution in [1.82, 2.24) is 15.6 Å². The summed E-state index contributed by atoms with van der Waals surface area (Å²) in [5.74, 6) is -1.21. The van der Waals surface area contributed by atoms with Crippen molar-refractivity contribution in [3.05, 3.63) is 95.7 Å². The summed E-state index contributed by atoms with van der Waals surface area (Å²) in [7, 11) is 0. The number of benzene rings is 3. The number of anilines is 2. The van der Waals surface area contributed by atoms with Crippen molar-refractivity contribution in [3.63, 3.8) is 0 Å². The normalized spacial score (nSPS) is 17.0. The van der Waals surface area contributed by atoms with E-state index in [1.54, 1.807) is 23.6 Å². The molecule has 1 fully saturated rings. The fraction of sp³-hybridized carbons (Fsp3) is 0.314. The second-order valence-corrected chi connectivity index (χ2v) is 12.4. The minimum absolute atomic E-state index is 0. The lowest BCUT2D eigenvalue weighted by Gasteiger charge is -2.38. The summed E-state index contributed by atoms with van der Waals surface area (Å²) >= 11 is 0. The number of aromatic nitrogens is 1. The molecule has 1 aromatic heterocycles. The van der Waals surface area contributed by atoms with Gasteiger partial charge in [-0.15, -0.1) is 12.4 Å². The van der Waals surface area contributed by atoms with Crippen LogP contribution in [0.3, 0.4) is 0 Å². The van der Waals surface area contributed by atoms with Crippen molar-refractivity contribution in [2.75, 3.05) is 16.3 Å². The smallest absolute Gasteiger partial charge is 0.250 e. The lowest BCUT2D eigenvalue weighted by Crippen LogP contribution is -2.60. The van der Waals surface area contributed by atoms with Crippen LogP contribution in [0.4, 0.5) is 11.4 Å². The van der Waals surface area contributed by atoms with Gasteiger partial charge in [-0.25, -0.2) is 0 Å². The average molecular weight is 643 g/mol. The maximum atomic E-state index is 14.3. The number of rotatable bonds is 9. The maximum absolute atomic E-state index is 14.3. The van der Waals surface area contributed by atoms with Crippen LogP contribution < -0.4 is 26.2 Å². The van der Waals surface area contributed by atoms with E-state index in [0.29, 0.717) is 24.3 Å². The van der Waals surface area contributed by atoms with Gasteiger partial charge in [-0.2, -0.15) is 0 Å². The molecule has 0 aliphatic carbocycles. The Morgan fingerprint density at radius 3 is 2.48 bits per heavy atom. The van der Waals surface area contributed by atoms with E-state index in [2.05, 4.69) is 15.6 Å². The van der Waals surface area contributed by atoms with Crippen LogP contribution in [0.25, 0.3) is 10.9 Å². The number of carbonyl (C=O) groups is 4. The molecule has 6 rings (SSSR count). The molecule has 0 bridgehead atoms. The summed E-state index contributed by atoms with van der Waals surface area (Å²) in [4.78, 5) is 60.7. The largest absolute Gasteiger partial charge is 0.361 e. The van der Waals surface area contributed by atoms with Crippen LogP contribution in [-0.2, 0) is 38.6 Å². The maximum Gasteiger partial charge on any atom is 0.250 e. The molecule has 11 heteroatoms. The zero-order valence-electron chi connectivity index (χ0n) is 25.9. The van der Waals surface area contributed by atoms with Crippen molar-refractivity contribution in [1.29, 1.82) is 0 Å². The summed E-state index contributed by atoms with van der Waals surface area (Å²) in [5, 5.41) is 6.73. The average Bonchev–Trinajstić information content (AvgIpc) is 3.64. The van der Waals surface area contributed by atoms with Crippen LogP contribution in [0.15, 0.2) is 79.0 Å². The third-order valence-electron chi connectivity index (χ3n) is 8.53. The van der Waals surface area contributed by atoms with Gasteiger partial charge >= 0.3 is 0 Å². The Morgan fingerprint density at radius 1 is 1.02 bits per heavy atom. The van der Waals surface area contributed by atoms with Gasteiger partial charge in [-0.3, -0.25) is 19.2 Å². The molecular weight excluding hydrogens is 604 g/mol. The van der Waals surface area contributed by atoms with Crippen LogP contribution in [0.1, 0.15) is 43.4 Å². The van der Waals surface area contributed by atoms with E-state index in [0.717, 1.165) is 34.0 Å². The third-order valence-corrected chi connectivity index (χ3v) is 8.53. The number of nitrogens with two attached hydrogens (primary N) is 1. The van der Waals surface area contributed by atoms with Crippen molar-refractivity contribution in [2.45, 2.75) is 63.7 Å². The third kappa shape index (κ3) is 6.63. The minimum Gasteiger partial charge on any atom is -0.361 e. The summed E-state index contributed by atoms with van der Waals surface area (Å²) < 4.78 is 0. The number of carbonyl (C=O) groups excluding carboxylic acids is 4. The first-order chi connectivity index (χ1) is 21.6. The summed E-state index contributed by atoms with van der Waals surface area (Å²) in [6.45, 7) is 4.02. The lowest BCUT2D eigenvalue weighted by atomic mass is 9.94. The van der Waals surface area contributed by atoms with Crippen molar-refractivity contribution >= 4 is 58.3 Å². The number of halogens is 1. The molecule has 1 saturated heterocycles. The topological polar surface area (TPSA) is 141 Å². The van der Waals surface area contributed by atoms with Gasteiger partial charge in [0.2, 0.25) is 23.6 Å². The molecule has 4 amide bonds. The van der Waals surface area contributed by atoms with E-state index in [9.17, 15) is 19.2 Å². The number of hydrogen-bond acceptors (Lipinski definition) is 5. The predicted molar refractivity (Wildman–Crippen MR) is 181 cm³/mol. The summed E-state index contributed by atoms with van der Waals surface area (Å²) in [6, 6.07) is 21.2. The van der Waals surface area contributed by atoms with E-state index in [1.807, 2.05) is 79.0 Å². The van der Waals surface area contributed by atoms with Gasteiger partial charge in [0.1, 0.15) is 12.1 Å². The zero-order chi connectivity index (χ0) is 31.7. The van der Waals surface area contributed by atoms with Crippen LogP contribution in [0.5, 0.6) is 0 Å². The highest BCUT2D eigenvalue weighted by atomic mass is 35.5. The van der Waals surface area contributed by atoms with E-state index < -0.39 is 29.4 Å². The molecule has 10 nitrogen and oxygen atoms in total. The first-order valence-electron chi connectivity index (χ1n) is 15.3. The number of amides is 4. The zero-order valence-corrected chi connectivity index (χ0v) is 26.7. The van der Waals surface area contributed by atoms with Crippen LogP contribution in [0.2, 0.25) is 0 Å². The highest BCUT2D eigenvalue weighted by molar-refractivity contribution is 6.08. The molecule has 0 radical (unpaired) electrons. The van der Waals surface area contributed by atoms with Crippen LogP contribution >= 0.6 is 12.4 Å². The Morgan fingerprint density at radius 2 is 1.76 bits per heavy atom. The molecule has 0 spiro atoms. The molecule has 2 atom stereocenters. The number of para-hydroxylation sites is 2. The summed E-state index contributed by atoms with van der Waals surface area (Å²) in [5.41, 5.74) is 9.81. The van der Waals surface area contributed by atoms with E-state index >= 15 is 0 Å². The van der Waals surface area contributed by atoms with Gasteiger partial charge in [0, 0.05) is 42.9 Å². The molecule has 0 saturated carbocycles. The Labute approximate surface area is 274 Å². The molecule has 240 valence electrons. The minimum atomic E-state index is -1.21. The second kappa shape index (κ2) is 13.4. The second-order valence-electron chi connectivity index (χ2n) is 12.4. The Hall–Kier alpha value is -4.67. The number of aromatic amines is 1. The molecule has 2 aliphatic heterocycles. The molecule has 1 unspecified atom stereocenters. The monoisotopic (exact) mass is 642 g/mol. The summed E-state index contributed by atoms with van der Waals surface area (Å²) in [6.07, 6.45) is 3.51. The van der Waals surface area contributed by atoms with Crippen LogP contribution in [0, 0.1) is 0 Å². The van der Waals surface area contributed by atoms with Crippen molar-refractivity contribution < 1.29 is 19.2 Å². The quantitative estimate of drug-likeness (QED) is 0.220. The number of hydrogen-bond donors (Lipinski definition) is 4. The van der Waals surface area contributed by atoms with E-state index in [1.165, 1.54) is 0 Å². The van der Waals surface area contributed by atoms with Gasteiger partial charge in [0.05, 0.1) is 23.5 Å². The van der Waals surface area contributed by atoms with Crippen LogP contribution in [-0.4, -0.2) is 52.8 Å². The molecule has 4 aromatic rings. The Bertz CT molecular complexity index is 1770. The van der Waals surface area contributed by atoms with Gasteiger partial charge in [0.25, 0.3) is 0 Å². The van der Waals surface area contributed by atoms with Gasteiger partial charge < -0.3 is 31.2 Å². The van der Waals surface area contributed by atoms with Gasteiger partial charge in [-0.1, -0.05) is 60.7 Å². The Balaban J connectivity index is 0.00000417.